The van der Waals surface area contributed by atoms with Crippen LogP contribution in [0.2, 0.25) is 0 Å². The fraction of sp³-hybridized carbons (Fsp3) is 0.421. The van der Waals surface area contributed by atoms with Crippen molar-refractivity contribution in [3.63, 3.8) is 0 Å². The van der Waals surface area contributed by atoms with Gasteiger partial charge in [0.25, 0.3) is 0 Å². The van der Waals surface area contributed by atoms with E-state index < -0.39 is 11.6 Å². The number of aromatic nitrogens is 2. The van der Waals surface area contributed by atoms with E-state index in [4.69, 9.17) is 4.74 Å². The molecule has 0 amide bonds. The Balaban J connectivity index is 2.41. The van der Waals surface area contributed by atoms with Crippen molar-refractivity contribution in [3.8, 4) is 11.8 Å². The van der Waals surface area contributed by atoms with E-state index in [0.29, 0.717) is 16.6 Å². The minimum Gasteiger partial charge on any atom is -0.459 e. The Kier molecular flexibility index (Phi) is 6.02. The Hall–Kier alpha value is -2.13. The summed E-state index contributed by atoms with van der Waals surface area (Å²) in [5, 5.41) is 5.82. The summed E-state index contributed by atoms with van der Waals surface area (Å²) in [5.41, 5.74) is 1.29. The van der Waals surface area contributed by atoms with Crippen molar-refractivity contribution in [1.82, 2.24) is 9.78 Å². The summed E-state index contributed by atoms with van der Waals surface area (Å²) in [5.74, 6) is 5.56. The number of esters is 1. The Morgan fingerprint density at radius 1 is 1.32 bits per heavy atom. The third-order valence-corrected chi connectivity index (χ3v) is 3.63. The van der Waals surface area contributed by atoms with Crippen molar-refractivity contribution < 1.29 is 14.3 Å². The number of carbonyl (C=O) groups excluding carboxylic acids is 2. The number of hydrogen-bond donors (Lipinski definition) is 0. The van der Waals surface area contributed by atoms with E-state index in [0.717, 1.165) is 17.3 Å². The molecule has 0 aliphatic carbocycles. The SMILES string of the molecule is CC(=O)c1nn(CC(=O)OC(C)(C)C)c2ccc(C#CCCBr)cc12. The number of nitrogens with zero attached hydrogens (tertiary/aromatic N) is 2. The van der Waals surface area contributed by atoms with Gasteiger partial charge >= 0.3 is 5.97 Å². The second kappa shape index (κ2) is 7.83. The fourth-order valence-corrected chi connectivity index (χ4v) is 2.54. The van der Waals surface area contributed by atoms with Crippen LogP contribution in [0.5, 0.6) is 0 Å². The molecule has 0 bridgehead atoms. The Labute approximate surface area is 155 Å². The van der Waals surface area contributed by atoms with E-state index in [-0.39, 0.29) is 12.3 Å². The van der Waals surface area contributed by atoms with Gasteiger partial charge in [-0.25, -0.2) is 0 Å². The molecule has 1 aromatic heterocycles. The van der Waals surface area contributed by atoms with Gasteiger partial charge < -0.3 is 4.74 Å². The Morgan fingerprint density at radius 2 is 2.04 bits per heavy atom. The largest absolute Gasteiger partial charge is 0.459 e. The second-order valence-electron chi connectivity index (χ2n) is 6.62. The van der Waals surface area contributed by atoms with Gasteiger partial charge in [0.05, 0.1) is 5.52 Å². The van der Waals surface area contributed by atoms with Gasteiger partial charge in [-0.2, -0.15) is 5.10 Å². The summed E-state index contributed by atoms with van der Waals surface area (Å²) >= 11 is 3.34. The van der Waals surface area contributed by atoms with Crippen molar-refractivity contribution in [2.75, 3.05) is 5.33 Å². The van der Waals surface area contributed by atoms with E-state index in [1.54, 1.807) is 0 Å². The molecule has 0 atom stereocenters. The topological polar surface area (TPSA) is 61.2 Å². The third kappa shape index (κ3) is 5.17. The van der Waals surface area contributed by atoms with E-state index in [1.165, 1.54) is 11.6 Å². The van der Waals surface area contributed by atoms with Gasteiger partial charge in [0.2, 0.25) is 0 Å². The van der Waals surface area contributed by atoms with Crippen LogP contribution < -0.4 is 0 Å². The first-order valence-electron chi connectivity index (χ1n) is 7.99. The number of Topliss-reactive ketones (excluding diaryl/α,β-unsaturated/α-hetero) is 1. The molecule has 0 fully saturated rings. The van der Waals surface area contributed by atoms with Crippen molar-refractivity contribution in [2.24, 2.45) is 0 Å². The van der Waals surface area contributed by atoms with Gasteiger partial charge in [0, 0.05) is 29.6 Å². The number of carbonyl (C=O) groups is 2. The smallest absolute Gasteiger partial charge is 0.328 e. The van der Waals surface area contributed by atoms with Gasteiger partial charge in [-0.15, -0.1) is 0 Å². The second-order valence-corrected chi connectivity index (χ2v) is 7.41. The molecule has 0 spiro atoms. The lowest BCUT2D eigenvalue weighted by Gasteiger charge is -2.19. The highest BCUT2D eigenvalue weighted by atomic mass is 79.9. The highest BCUT2D eigenvalue weighted by molar-refractivity contribution is 9.09. The van der Waals surface area contributed by atoms with E-state index in [1.807, 2.05) is 39.0 Å². The van der Waals surface area contributed by atoms with Gasteiger partial charge in [-0.1, -0.05) is 27.8 Å². The molecule has 0 radical (unpaired) electrons. The summed E-state index contributed by atoms with van der Waals surface area (Å²) < 4.78 is 6.85. The number of ketones is 1. The van der Waals surface area contributed by atoms with Crippen LogP contribution in [0.25, 0.3) is 10.9 Å². The van der Waals surface area contributed by atoms with Crippen molar-refractivity contribution in [1.29, 1.82) is 0 Å². The molecule has 132 valence electrons. The quantitative estimate of drug-likeness (QED) is 0.337. The molecule has 1 aromatic carbocycles. The lowest BCUT2D eigenvalue weighted by atomic mass is 10.1. The van der Waals surface area contributed by atoms with Crippen molar-refractivity contribution in [2.45, 2.75) is 46.3 Å². The normalized spacial score (nSPS) is 11.1. The van der Waals surface area contributed by atoms with Crippen LogP contribution in [-0.4, -0.2) is 32.5 Å². The molecule has 0 saturated carbocycles. The molecule has 2 rings (SSSR count). The number of benzene rings is 1. The van der Waals surface area contributed by atoms with Gasteiger partial charge in [-0.3, -0.25) is 14.3 Å². The predicted molar refractivity (Wildman–Crippen MR) is 101 cm³/mol. The van der Waals surface area contributed by atoms with Crippen LogP contribution in [-0.2, 0) is 16.1 Å². The van der Waals surface area contributed by atoms with Crippen LogP contribution in [0.4, 0.5) is 0 Å². The first kappa shape index (κ1) is 19.2. The van der Waals surface area contributed by atoms with E-state index >= 15 is 0 Å². The molecule has 0 N–H and O–H groups in total. The molecule has 2 aromatic rings. The van der Waals surface area contributed by atoms with Crippen LogP contribution in [0.15, 0.2) is 18.2 Å². The number of hydrogen-bond acceptors (Lipinski definition) is 4. The average molecular weight is 405 g/mol. The molecule has 0 saturated heterocycles. The maximum absolute atomic E-state index is 12.1. The number of rotatable bonds is 4. The maximum Gasteiger partial charge on any atom is 0.328 e. The maximum atomic E-state index is 12.1. The molecule has 0 aliphatic heterocycles. The first-order chi connectivity index (χ1) is 11.7. The van der Waals surface area contributed by atoms with Crippen LogP contribution in [0.3, 0.4) is 0 Å². The molecule has 6 heteroatoms. The summed E-state index contributed by atoms with van der Waals surface area (Å²) in [6, 6.07) is 5.53. The van der Waals surface area contributed by atoms with Crippen molar-refractivity contribution in [3.05, 3.63) is 29.5 Å². The Morgan fingerprint density at radius 3 is 2.64 bits per heavy atom. The zero-order chi connectivity index (χ0) is 18.6. The summed E-state index contributed by atoms with van der Waals surface area (Å²) in [4.78, 5) is 24.0. The minimum absolute atomic E-state index is 0.0460. The minimum atomic E-state index is -0.568. The fourth-order valence-electron chi connectivity index (χ4n) is 2.35. The average Bonchev–Trinajstić information content (AvgIpc) is 2.84. The molecular weight excluding hydrogens is 384 g/mol. The predicted octanol–water partition coefficient (Wildman–Crippen LogP) is 3.72. The van der Waals surface area contributed by atoms with Crippen molar-refractivity contribution >= 4 is 38.6 Å². The molecule has 1 heterocycles. The summed E-state index contributed by atoms with van der Waals surface area (Å²) in [6.07, 6.45) is 0.746. The van der Waals surface area contributed by atoms with Crippen LogP contribution >= 0.6 is 15.9 Å². The van der Waals surface area contributed by atoms with Gasteiger partial charge in [0.1, 0.15) is 17.8 Å². The molecule has 0 aliphatic rings. The van der Waals surface area contributed by atoms with E-state index in [2.05, 4.69) is 32.9 Å². The number of halogens is 1. The third-order valence-electron chi connectivity index (χ3n) is 3.24. The zero-order valence-corrected chi connectivity index (χ0v) is 16.4. The molecule has 25 heavy (non-hydrogen) atoms. The van der Waals surface area contributed by atoms with Gasteiger partial charge in [-0.05, 0) is 39.0 Å². The van der Waals surface area contributed by atoms with Crippen LogP contribution in [0, 0.1) is 11.8 Å². The Bertz CT molecular complexity index is 866. The lowest BCUT2D eigenvalue weighted by Crippen LogP contribution is -2.26. The standard InChI is InChI=1S/C19H21BrN2O3/c1-13(23)18-15-11-14(7-5-6-10-20)8-9-16(15)22(21-18)12-17(24)25-19(2,3)4/h8-9,11H,6,10,12H2,1-4H3. The lowest BCUT2D eigenvalue weighted by molar-refractivity contribution is -0.155. The highest BCUT2D eigenvalue weighted by Gasteiger charge is 2.20. The summed E-state index contributed by atoms with van der Waals surface area (Å²) in [6.45, 7) is 6.85. The number of fused-ring (bicyclic) bond motifs is 1. The van der Waals surface area contributed by atoms with Crippen LogP contribution in [0.1, 0.15) is 50.2 Å². The summed E-state index contributed by atoms with van der Waals surface area (Å²) in [7, 11) is 0. The number of alkyl halides is 1. The first-order valence-corrected chi connectivity index (χ1v) is 9.11. The van der Waals surface area contributed by atoms with Gasteiger partial charge in [0.15, 0.2) is 5.78 Å². The molecule has 0 unspecified atom stereocenters. The highest BCUT2D eigenvalue weighted by Crippen LogP contribution is 2.21. The van der Waals surface area contributed by atoms with E-state index in [9.17, 15) is 9.59 Å². The zero-order valence-electron chi connectivity index (χ0n) is 14.9. The molecule has 5 nitrogen and oxygen atoms in total. The monoisotopic (exact) mass is 404 g/mol. The number of ether oxygens (including phenoxy) is 1. The molecular formula is C19H21BrN2O3.